The molecule has 0 spiro atoms. The van der Waals surface area contributed by atoms with E-state index in [0.717, 1.165) is 5.56 Å². The van der Waals surface area contributed by atoms with Crippen molar-refractivity contribution in [1.82, 2.24) is 5.32 Å². The number of carbonyl (C=O) groups is 2. The lowest BCUT2D eigenvalue weighted by Crippen LogP contribution is -2.37. The van der Waals surface area contributed by atoms with Gasteiger partial charge in [-0.1, -0.05) is 45.0 Å². The second-order valence-corrected chi connectivity index (χ2v) is 6.40. The molecule has 1 unspecified atom stereocenters. The third-order valence-corrected chi connectivity index (χ3v) is 3.39. The quantitative estimate of drug-likeness (QED) is 0.625. The van der Waals surface area contributed by atoms with Gasteiger partial charge in [-0.2, -0.15) is 0 Å². The van der Waals surface area contributed by atoms with Crippen LogP contribution in [0.5, 0.6) is 0 Å². The lowest BCUT2D eigenvalue weighted by molar-refractivity contribution is -0.117. The fourth-order valence-electron chi connectivity index (χ4n) is 2.01. The molecule has 4 heteroatoms. The average molecular weight is 291 g/mol. The Labute approximate surface area is 126 Å². The summed E-state index contributed by atoms with van der Waals surface area (Å²) in [6, 6.07) is 7.04. The predicted octanol–water partition coefficient (Wildman–Crippen LogP) is 2.44. The van der Waals surface area contributed by atoms with Crippen molar-refractivity contribution in [3.63, 3.8) is 0 Å². The molecule has 21 heavy (non-hydrogen) atoms. The van der Waals surface area contributed by atoms with Crippen LogP contribution in [-0.2, 0) is 10.2 Å². The number of benzene rings is 1. The highest BCUT2D eigenvalue weighted by Crippen LogP contribution is 2.22. The van der Waals surface area contributed by atoms with E-state index in [4.69, 9.17) is 5.11 Å². The van der Waals surface area contributed by atoms with E-state index in [2.05, 4.69) is 26.1 Å². The molecule has 4 nitrogen and oxygen atoms in total. The zero-order valence-corrected chi connectivity index (χ0v) is 13.3. The number of Topliss-reactive ketones (excluding diaryl/α,β-unsaturated/α-hetero) is 1. The number of nitrogens with one attached hydrogen (secondary N) is 1. The Balaban J connectivity index is 2.68. The third-order valence-electron chi connectivity index (χ3n) is 3.39. The third kappa shape index (κ3) is 5.31. The van der Waals surface area contributed by atoms with Crippen LogP contribution in [0.3, 0.4) is 0 Å². The van der Waals surface area contributed by atoms with Gasteiger partial charge in [0.15, 0.2) is 0 Å². The van der Waals surface area contributed by atoms with Crippen LogP contribution < -0.4 is 5.32 Å². The predicted molar refractivity (Wildman–Crippen MR) is 83.4 cm³/mol. The van der Waals surface area contributed by atoms with E-state index in [1.165, 1.54) is 0 Å². The molecule has 2 N–H and O–H groups in total. The molecule has 0 aliphatic rings. The largest absolute Gasteiger partial charge is 0.396 e. The summed E-state index contributed by atoms with van der Waals surface area (Å²) in [5.74, 6) is -1.12. The Hall–Kier alpha value is -1.68. The first kappa shape index (κ1) is 17.4. The molecule has 0 saturated heterocycles. The molecule has 1 atom stereocenters. The van der Waals surface area contributed by atoms with E-state index in [1.807, 2.05) is 19.1 Å². The number of hydrogen-bond donors (Lipinski definition) is 2. The van der Waals surface area contributed by atoms with Gasteiger partial charge in [-0.05, 0) is 30.7 Å². The summed E-state index contributed by atoms with van der Waals surface area (Å²) in [5, 5.41) is 11.4. The van der Waals surface area contributed by atoms with Crippen molar-refractivity contribution in [2.24, 2.45) is 0 Å². The van der Waals surface area contributed by atoms with E-state index >= 15 is 0 Å². The number of hydrogen-bond acceptors (Lipinski definition) is 3. The minimum Gasteiger partial charge on any atom is -0.396 e. The number of rotatable bonds is 6. The molecule has 1 rings (SSSR count). The first-order valence-corrected chi connectivity index (χ1v) is 7.32. The Morgan fingerprint density at radius 1 is 1.19 bits per heavy atom. The van der Waals surface area contributed by atoms with Gasteiger partial charge >= 0.3 is 0 Å². The van der Waals surface area contributed by atoms with Crippen LogP contribution in [0.1, 0.15) is 56.5 Å². The molecule has 0 bridgehead atoms. The number of carbonyl (C=O) groups excluding carboxylic acids is 2. The van der Waals surface area contributed by atoms with Crippen molar-refractivity contribution < 1.29 is 14.7 Å². The van der Waals surface area contributed by atoms with Crippen LogP contribution in [-0.4, -0.2) is 29.4 Å². The van der Waals surface area contributed by atoms with Crippen molar-refractivity contribution in [1.29, 1.82) is 0 Å². The average Bonchev–Trinajstić information content (AvgIpc) is 2.43. The van der Waals surface area contributed by atoms with E-state index in [-0.39, 0.29) is 18.1 Å². The fourth-order valence-corrected chi connectivity index (χ4v) is 2.01. The van der Waals surface area contributed by atoms with Crippen LogP contribution in [0.15, 0.2) is 24.3 Å². The van der Waals surface area contributed by atoms with Gasteiger partial charge < -0.3 is 10.4 Å². The maximum absolute atomic E-state index is 12.1. The lowest BCUT2D eigenvalue weighted by Gasteiger charge is -2.19. The number of amides is 1. The van der Waals surface area contributed by atoms with Crippen molar-refractivity contribution in [2.75, 3.05) is 6.61 Å². The summed E-state index contributed by atoms with van der Waals surface area (Å²) >= 11 is 0. The number of aliphatic hydroxyl groups is 1. The first-order chi connectivity index (χ1) is 9.75. The number of ketones is 1. The Bertz CT molecular complexity index is 486. The molecule has 0 aromatic heterocycles. The minimum atomic E-state index is -0.594. The molecular weight excluding hydrogens is 266 g/mol. The highest BCUT2D eigenvalue weighted by atomic mass is 16.3. The Morgan fingerprint density at radius 3 is 2.24 bits per heavy atom. The molecular formula is C17H25NO3. The monoisotopic (exact) mass is 291 g/mol. The zero-order chi connectivity index (χ0) is 16.0. The van der Waals surface area contributed by atoms with Crippen molar-refractivity contribution in [3.8, 4) is 0 Å². The second-order valence-electron chi connectivity index (χ2n) is 6.40. The maximum atomic E-state index is 12.1. The van der Waals surface area contributed by atoms with Crippen LogP contribution in [0.2, 0.25) is 0 Å². The zero-order valence-electron chi connectivity index (χ0n) is 13.3. The Morgan fingerprint density at radius 2 is 1.76 bits per heavy atom. The summed E-state index contributed by atoms with van der Waals surface area (Å²) in [6.07, 6.45) is 1.26. The molecule has 0 aliphatic carbocycles. The standard InChI is InChI=1S/C17H25NO3/c1-12(6-5-11-19)18-16(21)15(20)13-7-9-14(10-8-13)17(2,3)4/h7-10,12,19H,5-6,11H2,1-4H3,(H,18,21). The van der Waals surface area contributed by atoms with E-state index in [1.54, 1.807) is 12.1 Å². The van der Waals surface area contributed by atoms with Crippen molar-refractivity contribution in [3.05, 3.63) is 35.4 Å². The van der Waals surface area contributed by atoms with Gasteiger partial charge in [0.2, 0.25) is 5.78 Å². The lowest BCUT2D eigenvalue weighted by atomic mass is 9.86. The van der Waals surface area contributed by atoms with Gasteiger partial charge in [0.05, 0.1) is 0 Å². The molecule has 0 saturated carbocycles. The molecule has 0 radical (unpaired) electrons. The van der Waals surface area contributed by atoms with Crippen molar-refractivity contribution >= 4 is 11.7 Å². The smallest absolute Gasteiger partial charge is 0.292 e. The van der Waals surface area contributed by atoms with E-state index in [0.29, 0.717) is 18.4 Å². The fraction of sp³-hybridized carbons (Fsp3) is 0.529. The summed E-state index contributed by atoms with van der Waals surface area (Å²) in [4.78, 5) is 23.9. The van der Waals surface area contributed by atoms with Gasteiger partial charge in [-0.3, -0.25) is 9.59 Å². The van der Waals surface area contributed by atoms with Gasteiger partial charge in [0.25, 0.3) is 5.91 Å². The van der Waals surface area contributed by atoms with Crippen LogP contribution in [0.25, 0.3) is 0 Å². The normalized spacial score (nSPS) is 12.8. The highest BCUT2D eigenvalue weighted by molar-refractivity contribution is 6.42. The second kappa shape index (κ2) is 7.36. The first-order valence-electron chi connectivity index (χ1n) is 7.32. The summed E-state index contributed by atoms with van der Waals surface area (Å²) in [5.41, 5.74) is 1.54. The van der Waals surface area contributed by atoms with Crippen LogP contribution in [0, 0.1) is 0 Å². The summed E-state index contributed by atoms with van der Waals surface area (Å²) in [7, 11) is 0. The molecule has 1 aromatic rings. The molecule has 0 aliphatic heterocycles. The van der Waals surface area contributed by atoms with E-state index < -0.39 is 11.7 Å². The molecule has 0 fully saturated rings. The van der Waals surface area contributed by atoms with Gasteiger partial charge in [0, 0.05) is 18.2 Å². The molecule has 1 aromatic carbocycles. The SMILES string of the molecule is CC(CCCO)NC(=O)C(=O)c1ccc(C(C)(C)C)cc1. The van der Waals surface area contributed by atoms with Crippen LogP contribution in [0.4, 0.5) is 0 Å². The minimum absolute atomic E-state index is 0.0165. The summed E-state index contributed by atoms with van der Waals surface area (Å²) < 4.78 is 0. The summed E-state index contributed by atoms with van der Waals surface area (Å²) in [6.45, 7) is 8.20. The van der Waals surface area contributed by atoms with Gasteiger partial charge in [-0.25, -0.2) is 0 Å². The number of aliphatic hydroxyl groups excluding tert-OH is 1. The molecule has 0 heterocycles. The van der Waals surface area contributed by atoms with Gasteiger partial charge in [-0.15, -0.1) is 0 Å². The topological polar surface area (TPSA) is 66.4 Å². The highest BCUT2D eigenvalue weighted by Gasteiger charge is 2.19. The van der Waals surface area contributed by atoms with E-state index in [9.17, 15) is 9.59 Å². The maximum Gasteiger partial charge on any atom is 0.292 e. The van der Waals surface area contributed by atoms with Crippen LogP contribution >= 0.6 is 0 Å². The van der Waals surface area contributed by atoms with Gasteiger partial charge in [0.1, 0.15) is 0 Å². The Kier molecular flexibility index (Phi) is 6.09. The molecule has 1 amide bonds. The van der Waals surface area contributed by atoms with Crippen molar-refractivity contribution in [2.45, 2.75) is 52.0 Å². The molecule has 116 valence electrons.